The van der Waals surface area contributed by atoms with E-state index in [4.69, 9.17) is 0 Å². The van der Waals surface area contributed by atoms with E-state index in [2.05, 4.69) is 32.7 Å². The minimum atomic E-state index is 0.550. The Labute approximate surface area is 140 Å². The molecule has 0 aromatic carbocycles. The fraction of sp³-hybridized carbons (Fsp3) is 0.824. The summed E-state index contributed by atoms with van der Waals surface area (Å²) >= 11 is 0. The monoisotopic (exact) mass is 320 g/mol. The smallest absolute Gasteiger partial charge is 0.191 e. The van der Waals surface area contributed by atoms with E-state index in [0.717, 1.165) is 36.6 Å². The lowest BCUT2D eigenvalue weighted by atomic mass is 10.0. The molecule has 0 aliphatic heterocycles. The van der Waals surface area contributed by atoms with Gasteiger partial charge in [0.1, 0.15) is 12.4 Å². The van der Waals surface area contributed by atoms with Crippen molar-refractivity contribution >= 4 is 5.96 Å². The van der Waals surface area contributed by atoms with Gasteiger partial charge >= 0.3 is 0 Å². The molecule has 23 heavy (non-hydrogen) atoms. The summed E-state index contributed by atoms with van der Waals surface area (Å²) in [6.45, 7) is 6.44. The Morgan fingerprint density at radius 3 is 2.65 bits per heavy atom. The molecule has 1 aromatic heterocycles. The highest BCUT2D eigenvalue weighted by molar-refractivity contribution is 5.79. The lowest BCUT2D eigenvalue weighted by Crippen LogP contribution is -2.37. The Morgan fingerprint density at radius 2 is 2.00 bits per heavy atom. The molecule has 1 aliphatic rings. The zero-order valence-electron chi connectivity index (χ0n) is 14.9. The summed E-state index contributed by atoms with van der Waals surface area (Å²) in [6, 6.07) is 0. The standard InChI is InChI=1S/C17H32N6/c1-4-18-17(20-13-16-22-21-14(2)23(16)3)19-12-8-7-11-15-9-5-6-10-15/h15H,4-13H2,1-3H3,(H2,18,19,20). The number of hydrogen-bond acceptors (Lipinski definition) is 3. The van der Waals surface area contributed by atoms with E-state index in [0.29, 0.717) is 6.54 Å². The van der Waals surface area contributed by atoms with Gasteiger partial charge in [0.05, 0.1) is 0 Å². The molecule has 0 spiro atoms. The van der Waals surface area contributed by atoms with Crippen LogP contribution in [0.25, 0.3) is 0 Å². The van der Waals surface area contributed by atoms with Crippen LogP contribution in [0.1, 0.15) is 63.5 Å². The van der Waals surface area contributed by atoms with Crippen LogP contribution >= 0.6 is 0 Å². The molecule has 0 radical (unpaired) electrons. The third kappa shape index (κ3) is 5.84. The van der Waals surface area contributed by atoms with E-state index in [1.54, 1.807) is 0 Å². The highest BCUT2D eigenvalue weighted by Gasteiger charge is 2.13. The molecule has 1 fully saturated rings. The van der Waals surface area contributed by atoms with E-state index in [9.17, 15) is 0 Å². The number of unbranched alkanes of at least 4 members (excludes halogenated alkanes) is 1. The Hall–Kier alpha value is -1.59. The molecule has 2 N–H and O–H groups in total. The summed E-state index contributed by atoms with van der Waals surface area (Å²) in [7, 11) is 1.98. The third-order valence-corrected chi connectivity index (χ3v) is 4.71. The van der Waals surface area contributed by atoms with E-state index in [-0.39, 0.29) is 0 Å². The van der Waals surface area contributed by atoms with Crippen molar-refractivity contribution in [1.82, 2.24) is 25.4 Å². The van der Waals surface area contributed by atoms with Crippen LogP contribution in [-0.4, -0.2) is 33.8 Å². The van der Waals surface area contributed by atoms with Crippen molar-refractivity contribution in [2.75, 3.05) is 13.1 Å². The molecule has 6 nitrogen and oxygen atoms in total. The molecule has 1 heterocycles. The van der Waals surface area contributed by atoms with Crippen molar-refractivity contribution in [1.29, 1.82) is 0 Å². The molecule has 6 heteroatoms. The van der Waals surface area contributed by atoms with Gasteiger partial charge in [0.15, 0.2) is 11.8 Å². The average Bonchev–Trinajstić information content (AvgIpc) is 3.16. The molecule has 0 saturated heterocycles. The summed E-state index contributed by atoms with van der Waals surface area (Å²) in [4.78, 5) is 4.60. The lowest BCUT2D eigenvalue weighted by Gasteiger charge is -2.12. The number of aryl methyl sites for hydroxylation is 1. The molecule has 1 aromatic rings. The highest BCUT2D eigenvalue weighted by Crippen LogP contribution is 2.28. The van der Waals surface area contributed by atoms with Crippen molar-refractivity contribution in [3.63, 3.8) is 0 Å². The van der Waals surface area contributed by atoms with Gasteiger partial charge in [-0.15, -0.1) is 10.2 Å². The van der Waals surface area contributed by atoms with E-state index < -0.39 is 0 Å². The van der Waals surface area contributed by atoms with Crippen LogP contribution in [0.4, 0.5) is 0 Å². The first-order chi connectivity index (χ1) is 11.2. The van der Waals surface area contributed by atoms with Crippen LogP contribution < -0.4 is 10.6 Å². The fourth-order valence-electron chi connectivity index (χ4n) is 3.14. The average molecular weight is 320 g/mol. The second-order valence-electron chi connectivity index (χ2n) is 6.49. The van der Waals surface area contributed by atoms with Crippen molar-refractivity contribution in [2.45, 2.75) is 65.3 Å². The van der Waals surface area contributed by atoms with Crippen molar-refractivity contribution < 1.29 is 0 Å². The maximum atomic E-state index is 4.60. The number of aliphatic imine (C=N–C) groups is 1. The number of guanidine groups is 1. The topological polar surface area (TPSA) is 67.1 Å². The van der Waals surface area contributed by atoms with Gasteiger partial charge in [-0.25, -0.2) is 4.99 Å². The van der Waals surface area contributed by atoms with Crippen molar-refractivity contribution in [3.8, 4) is 0 Å². The third-order valence-electron chi connectivity index (χ3n) is 4.71. The van der Waals surface area contributed by atoms with Crippen molar-refractivity contribution in [3.05, 3.63) is 11.6 Å². The van der Waals surface area contributed by atoms with Crippen LogP contribution in [0.3, 0.4) is 0 Å². The van der Waals surface area contributed by atoms with Crippen LogP contribution in [0.15, 0.2) is 4.99 Å². The second-order valence-corrected chi connectivity index (χ2v) is 6.49. The molecule has 0 bridgehead atoms. The molecule has 1 saturated carbocycles. The van der Waals surface area contributed by atoms with E-state index in [1.165, 1.54) is 44.9 Å². The Kier molecular flexibility index (Phi) is 7.36. The summed E-state index contributed by atoms with van der Waals surface area (Å²) in [6.07, 6.45) is 9.73. The quantitative estimate of drug-likeness (QED) is 0.439. The predicted molar refractivity (Wildman–Crippen MR) is 94.4 cm³/mol. The normalized spacial score (nSPS) is 16.0. The van der Waals surface area contributed by atoms with Gasteiger partial charge < -0.3 is 15.2 Å². The van der Waals surface area contributed by atoms with E-state index in [1.807, 2.05) is 18.5 Å². The lowest BCUT2D eigenvalue weighted by molar-refractivity contribution is 0.472. The Balaban J connectivity index is 1.69. The summed E-state index contributed by atoms with van der Waals surface area (Å²) < 4.78 is 1.98. The van der Waals surface area contributed by atoms with Gasteiger partial charge in [-0.3, -0.25) is 0 Å². The first-order valence-corrected chi connectivity index (χ1v) is 9.07. The van der Waals surface area contributed by atoms with Gasteiger partial charge in [0.25, 0.3) is 0 Å². The summed E-state index contributed by atoms with van der Waals surface area (Å²) in [5, 5.41) is 14.9. The summed E-state index contributed by atoms with van der Waals surface area (Å²) in [5.74, 6) is 3.67. The fourth-order valence-corrected chi connectivity index (χ4v) is 3.14. The SMILES string of the molecule is CCNC(=NCc1nnc(C)n1C)NCCCCC1CCCC1. The Bertz CT molecular complexity index is 487. The minimum absolute atomic E-state index is 0.550. The number of hydrogen-bond donors (Lipinski definition) is 2. The zero-order valence-corrected chi connectivity index (χ0v) is 14.9. The van der Waals surface area contributed by atoms with Crippen LogP contribution in [0, 0.1) is 12.8 Å². The van der Waals surface area contributed by atoms with E-state index >= 15 is 0 Å². The maximum absolute atomic E-state index is 4.60. The molecular formula is C17H32N6. The van der Waals surface area contributed by atoms with Gasteiger partial charge in [-0.2, -0.15) is 0 Å². The molecule has 130 valence electrons. The van der Waals surface area contributed by atoms with Crippen LogP contribution in [0.2, 0.25) is 0 Å². The maximum Gasteiger partial charge on any atom is 0.191 e. The van der Waals surface area contributed by atoms with Crippen LogP contribution in [-0.2, 0) is 13.6 Å². The number of nitrogens with one attached hydrogen (secondary N) is 2. The summed E-state index contributed by atoms with van der Waals surface area (Å²) in [5.41, 5.74) is 0. The minimum Gasteiger partial charge on any atom is -0.357 e. The molecule has 1 aliphatic carbocycles. The van der Waals surface area contributed by atoms with Gasteiger partial charge in [0, 0.05) is 20.1 Å². The predicted octanol–water partition coefficient (Wildman–Crippen LogP) is 2.54. The molecular weight excluding hydrogens is 288 g/mol. The second kappa shape index (κ2) is 9.53. The van der Waals surface area contributed by atoms with Crippen LogP contribution in [0.5, 0.6) is 0 Å². The first kappa shape index (κ1) is 17.8. The van der Waals surface area contributed by atoms with Gasteiger partial charge in [-0.1, -0.05) is 38.5 Å². The van der Waals surface area contributed by atoms with Gasteiger partial charge in [-0.05, 0) is 26.2 Å². The number of aromatic nitrogens is 3. The molecule has 0 amide bonds. The highest BCUT2D eigenvalue weighted by atomic mass is 15.3. The zero-order chi connectivity index (χ0) is 16.5. The number of nitrogens with zero attached hydrogens (tertiary/aromatic N) is 4. The number of rotatable bonds is 8. The van der Waals surface area contributed by atoms with Gasteiger partial charge in [0.2, 0.25) is 0 Å². The largest absolute Gasteiger partial charge is 0.357 e. The van der Waals surface area contributed by atoms with Crippen molar-refractivity contribution in [2.24, 2.45) is 18.0 Å². The first-order valence-electron chi connectivity index (χ1n) is 9.07. The molecule has 2 rings (SSSR count). The molecule has 0 atom stereocenters. The Morgan fingerprint density at radius 1 is 1.22 bits per heavy atom. The molecule has 0 unspecified atom stereocenters.